The second kappa shape index (κ2) is 6.66. The Kier molecular flexibility index (Phi) is 4.63. The van der Waals surface area contributed by atoms with Crippen LogP contribution in [0.2, 0.25) is 0 Å². The first kappa shape index (κ1) is 15.3. The highest BCUT2D eigenvalue weighted by molar-refractivity contribution is 7.94. The van der Waals surface area contributed by atoms with Gasteiger partial charge in [0.1, 0.15) is 0 Å². The summed E-state index contributed by atoms with van der Waals surface area (Å²) in [6.45, 7) is 2.85. The van der Waals surface area contributed by atoms with Crippen molar-refractivity contribution in [2.75, 3.05) is 6.54 Å². The molecule has 2 aromatic carbocycles. The van der Waals surface area contributed by atoms with E-state index < -0.39 is 9.73 Å². The molecule has 0 radical (unpaired) electrons. The lowest BCUT2D eigenvalue weighted by Crippen LogP contribution is -2.28. The SMILES string of the molecule is CCc1ccccc1[S@]1(=O)=NCCC[C@H]1Cc1ccccc1. The number of benzene rings is 2. The normalized spacial score (nSPS) is 24.7. The van der Waals surface area contributed by atoms with E-state index >= 15 is 0 Å². The van der Waals surface area contributed by atoms with Gasteiger partial charge in [0.25, 0.3) is 0 Å². The molecule has 0 N–H and O–H groups in total. The van der Waals surface area contributed by atoms with Gasteiger partial charge in [0, 0.05) is 6.54 Å². The number of aryl methyl sites for hydroxylation is 1. The Morgan fingerprint density at radius 1 is 1.09 bits per heavy atom. The molecular formula is C19H23NOS. The van der Waals surface area contributed by atoms with Crippen LogP contribution < -0.4 is 0 Å². The van der Waals surface area contributed by atoms with Crippen molar-refractivity contribution in [1.82, 2.24) is 0 Å². The minimum Gasteiger partial charge on any atom is -0.244 e. The van der Waals surface area contributed by atoms with Crippen molar-refractivity contribution in [3.05, 3.63) is 65.7 Å². The second-order valence-corrected chi connectivity index (χ2v) is 8.34. The van der Waals surface area contributed by atoms with Gasteiger partial charge in [-0.05, 0) is 42.9 Å². The lowest BCUT2D eigenvalue weighted by Gasteiger charge is -2.27. The average molecular weight is 313 g/mol. The van der Waals surface area contributed by atoms with Gasteiger partial charge in [0.05, 0.1) is 19.9 Å². The second-order valence-electron chi connectivity index (χ2n) is 5.84. The first-order chi connectivity index (χ1) is 10.7. The zero-order valence-electron chi connectivity index (χ0n) is 13.1. The van der Waals surface area contributed by atoms with Crippen molar-refractivity contribution < 1.29 is 4.21 Å². The molecular weight excluding hydrogens is 290 g/mol. The summed E-state index contributed by atoms with van der Waals surface area (Å²) in [5.74, 6) is 0. The Labute approximate surface area is 133 Å². The van der Waals surface area contributed by atoms with Gasteiger partial charge >= 0.3 is 0 Å². The van der Waals surface area contributed by atoms with Gasteiger partial charge in [0.2, 0.25) is 0 Å². The van der Waals surface area contributed by atoms with Gasteiger partial charge in [-0.2, -0.15) is 0 Å². The lowest BCUT2D eigenvalue weighted by molar-refractivity contribution is 0.611. The monoisotopic (exact) mass is 313 g/mol. The third kappa shape index (κ3) is 2.95. The largest absolute Gasteiger partial charge is 0.244 e. The molecule has 1 heterocycles. The Balaban J connectivity index is 2.02. The van der Waals surface area contributed by atoms with Crippen molar-refractivity contribution >= 4 is 9.73 Å². The van der Waals surface area contributed by atoms with E-state index in [2.05, 4.69) is 41.6 Å². The van der Waals surface area contributed by atoms with Crippen LogP contribution in [-0.2, 0) is 22.6 Å². The maximum Gasteiger partial charge on any atom is 0.0787 e. The smallest absolute Gasteiger partial charge is 0.0787 e. The topological polar surface area (TPSA) is 29.4 Å². The minimum atomic E-state index is -2.33. The third-order valence-electron chi connectivity index (χ3n) is 4.39. The van der Waals surface area contributed by atoms with Gasteiger partial charge in [-0.3, -0.25) is 0 Å². The molecule has 1 aliphatic rings. The molecule has 2 aromatic rings. The van der Waals surface area contributed by atoms with E-state index in [9.17, 15) is 4.21 Å². The van der Waals surface area contributed by atoms with Crippen molar-refractivity contribution in [3.63, 3.8) is 0 Å². The van der Waals surface area contributed by atoms with Crippen LogP contribution in [0.15, 0.2) is 63.9 Å². The first-order valence-electron chi connectivity index (χ1n) is 8.07. The quantitative estimate of drug-likeness (QED) is 0.818. The molecule has 2 atom stereocenters. The van der Waals surface area contributed by atoms with Gasteiger partial charge < -0.3 is 0 Å². The van der Waals surface area contributed by atoms with Crippen molar-refractivity contribution in [3.8, 4) is 0 Å². The van der Waals surface area contributed by atoms with Crippen molar-refractivity contribution in [2.24, 2.45) is 4.36 Å². The molecule has 0 aliphatic carbocycles. The van der Waals surface area contributed by atoms with Crippen molar-refractivity contribution in [2.45, 2.75) is 42.8 Å². The predicted molar refractivity (Wildman–Crippen MR) is 92.7 cm³/mol. The highest BCUT2D eigenvalue weighted by Crippen LogP contribution is 2.31. The van der Waals surface area contributed by atoms with Gasteiger partial charge in [-0.1, -0.05) is 55.5 Å². The molecule has 0 spiro atoms. The zero-order chi connectivity index (χ0) is 15.4. The third-order valence-corrected chi connectivity index (χ3v) is 7.29. The minimum absolute atomic E-state index is 0.122. The van der Waals surface area contributed by atoms with E-state index in [-0.39, 0.29) is 5.25 Å². The summed E-state index contributed by atoms with van der Waals surface area (Å²) in [5.41, 5.74) is 2.43. The van der Waals surface area contributed by atoms with Crippen LogP contribution in [0.5, 0.6) is 0 Å². The summed E-state index contributed by atoms with van der Waals surface area (Å²) in [7, 11) is -2.33. The number of hydrogen-bond donors (Lipinski definition) is 0. The molecule has 1 aliphatic heterocycles. The summed E-state index contributed by atoms with van der Waals surface area (Å²) in [5, 5.41) is 0.122. The fourth-order valence-electron chi connectivity index (χ4n) is 3.21. The van der Waals surface area contributed by atoms with Crippen LogP contribution >= 0.6 is 0 Å². The van der Waals surface area contributed by atoms with E-state index in [0.717, 1.165) is 37.1 Å². The lowest BCUT2D eigenvalue weighted by atomic mass is 10.1. The van der Waals surface area contributed by atoms with E-state index in [1.54, 1.807) is 0 Å². The summed E-state index contributed by atoms with van der Waals surface area (Å²) in [6, 6.07) is 18.5. The zero-order valence-corrected chi connectivity index (χ0v) is 13.9. The molecule has 2 nitrogen and oxygen atoms in total. The Morgan fingerprint density at radius 3 is 2.59 bits per heavy atom. The van der Waals surface area contributed by atoms with Crippen LogP contribution in [0.3, 0.4) is 0 Å². The molecule has 0 amide bonds. The van der Waals surface area contributed by atoms with Crippen LogP contribution in [-0.4, -0.2) is 16.0 Å². The maximum absolute atomic E-state index is 13.8. The van der Waals surface area contributed by atoms with Gasteiger partial charge in [-0.15, -0.1) is 0 Å². The summed E-state index contributed by atoms with van der Waals surface area (Å²) >= 11 is 0. The standard InChI is InChI=1S/C19H23NOS/c1-2-17-11-6-7-13-19(17)22(21)18(12-8-14-20-22)15-16-9-4-3-5-10-16/h3-7,9-11,13,18H,2,8,12,14-15H2,1H3/t18-,22-/m0/s1. The first-order valence-corrected chi connectivity index (χ1v) is 9.65. The molecule has 0 saturated heterocycles. The molecule has 0 aromatic heterocycles. The van der Waals surface area contributed by atoms with Crippen LogP contribution in [0.1, 0.15) is 30.9 Å². The number of nitrogens with zero attached hydrogens (tertiary/aromatic N) is 1. The highest BCUT2D eigenvalue weighted by Gasteiger charge is 2.29. The summed E-state index contributed by atoms with van der Waals surface area (Å²) in [4.78, 5) is 0.970. The fraction of sp³-hybridized carbons (Fsp3) is 0.368. The molecule has 0 unspecified atom stereocenters. The van der Waals surface area contributed by atoms with E-state index in [0.29, 0.717) is 0 Å². The number of hydrogen-bond acceptors (Lipinski definition) is 2. The molecule has 116 valence electrons. The molecule has 0 bridgehead atoms. The van der Waals surface area contributed by atoms with E-state index in [1.807, 2.05) is 24.3 Å². The molecule has 3 heteroatoms. The molecule has 0 fully saturated rings. The summed E-state index contributed by atoms with van der Waals surface area (Å²) < 4.78 is 18.4. The van der Waals surface area contributed by atoms with Crippen LogP contribution in [0.4, 0.5) is 0 Å². The van der Waals surface area contributed by atoms with Gasteiger partial charge in [0.15, 0.2) is 0 Å². The highest BCUT2D eigenvalue weighted by atomic mass is 32.2. The van der Waals surface area contributed by atoms with E-state index in [4.69, 9.17) is 0 Å². The molecule has 3 rings (SSSR count). The molecule has 0 saturated carbocycles. The average Bonchev–Trinajstić information content (AvgIpc) is 2.58. The predicted octanol–water partition coefficient (Wildman–Crippen LogP) is 4.48. The van der Waals surface area contributed by atoms with Gasteiger partial charge in [-0.25, -0.2) is 8.57 Å². The van der Waals surface area contributed by atoms with Crippen LogP contribution in [0, 0.1) is 0 Å². The Bertz CT molecular complexity index is 745. The maximum atomic E-state index is 13.8. The fourth-order valence-corrected chi connectivity index (χ4v) is 6.08. The number of rotatable bonds is 4. The van der Waals surface area contributed by atoms with Crippen LogP contribution in [0.25, 0.3) is 0 Å². The summed E-state index contributed by atoms with van der Waals surface area (Å²) in [6.07, 6.45) is 3.79. The van der Waals surface area contributed by atoms with Crippen molar-refractivity contribution in [1.29, 1.82) is 0 Å². The Morgan fingerprint density at radius 2 is 1.82 bits per heavy atom. The van der Waals surface area contributed by atoms with E-state index in [1.165, 1.54) is 11.1 Å². The molecule has 22 heavy (non-hydrogen) atoms. The Hall–Kier alpha value is -1.61.